The van der Waals surface area contributed by atoms with Gasteiger partial charge in [0.1, 0.15) is 11.8 Å². The highest BCUT2D eigenvalue weighted by Gasteiger charge is 2.27. The Balaban J connectivity index is 1.27. The van der Waals surface area contributed by atoms with Crippen LogP contribution in [0.3, 0.4) is 0 Å². The van der Waals surface area contributed by atoms with Gasteiger partial charge < -0.3 is 20.7 Å². The summed E-state index contributed by atoms with van der Waals surface area (Å²) in [5.41, 5.74) is 5.30. The van der Waals surface area contributed by atoms with Crippen molar-refractivity contribution < 1.29 is 9.53 Å². The molecule has 1 aliphatic heterocycles. The van der Waals surface area contributed by atoms with Crippen molar-refractivity contribution in [2.75, 3.05) is 43.9 Å². The summed E-state index contributed by atoms with van der Waals surface area (Å²) in [4.78, 5) is 29.7. The van der Waals surface area contributed by atoms with Gasteiger partial charge in [-0.2, -0.15) is 0 Å². The van der Waals surface area contributed by atoms with Gasteiger partial charge in [-0.1, -0.05) is 63.2 Å². The molecule has 45 heavy (non-hydrogen) atoms. The first-order valence-electron chi connectivity index (χ1n) is 15.3. The number of hydrogen-bond acceptors (Lipinski definition) is 7. The number of nitrogens with zero attached hydrogens (tertiary/aromatic N) is 4. The molecule has 0 aliphatic carbocycles. The summed E-state index contributed by atoms with van der Waals surface area (Å²) in [6.07, 6.45) is 5.49. The minimum absolute atomic E-state index is 0.0699. The number of pyridine rings is 1. The largest absolute Gasteiger partial charge is 0.495 e. The van der Waals surface area contributed by atoms with Gasteiger partial charge in [0.2, 0.25) is 0 Å². The maximum Gasteiger partial charge on any atom is 0.323 e. The first kappa shape index (κ1) is 30.2. The number of amides is 2. The van der Waals surface area contributed by atoms with Crippen LogP contribution in [0.1, 0.15) is 43.9 Å². The number of ether oxygens (including phenoxy) is 1. The van der Waals surface area contributed by atoms with Crippen molar-refractivity contribution in [3.8, 4) is 16.9 Å². The van der Waals surface area contributed by atoms with E-state index >= 15 is 0 Å². The SMILES string of the molecule is COc1ccc(C(C)(C)C)cc1NC(=O)Nc1ccc(-c2ccc(C(c3ncccn3)N3CCNCC3)nc2)c2ccccc12. The molecule has 1 fully saturated rings. The third kappa shape index (κ3) is 6.64. The van der Waals surface area contributed by atoms with E-state index in [-0.39, 0.29) is 17.5 Å². The molecular weight excluding hydrogens is 562 g/mol. The van der Waals surface area contributed by atoms with E-state index in [1.807, 2.05) is 60.8 Å². The van der Waals surface area contributed by atoms with Gasteiger partial charge in [-0.25, -0.2) is 14.8 Å². The molecule has 0 radical (unpaired) electrons. The first-order valence-corrected chi connectivity index (χ1v) is 15.3. The number of carbonyl (C=O) groups excluding carboxylic acids is 1. The second-order valence-corrected chi connectivity index (χ2v) is 12.2. The Labute approximate surface area is 264 Å². The summed E-state index contributed by atoms with van der Waals surface area (Å²) in [7, 11) is 1.60. The van der Waals surface area contributed by atoms with Crippen molar-refractivity contribution in [3.63, 3.8) is 0 Å². The molecule has 0 saturated carbocycles. The molecular formula is C36H39N7O2. The minimum atomic E-state index is -0.342. The Bertz CT molecular complexity index is 1780. The highest BCUT2D eigenvalue weighted by molar-refractivity contribution is 6.10. The number of carbonyl (C=O) groups is 1. The zero-order chi connectivity index (χ0) is 31.4. The zero-order valence-electron chi connectivity index (χ0n) is 26.2. The van der Waals surface area contributed by atoms with Crippen LogP contribution in [0.25, 0.3) is 21.9 Å². The highest BCUT2D eigenvalue weighted by atomic mass is 16.5. The highest BCUT2D eigenvalue weighted by Crippen LogP contribution is 2.35. The summed E-state index contributed by atoms with van der Waals surface area (Å²) in [5, 5.41) is 11.4. The summed E-state index contributed by atoms with van der Waals surface area (Å²) < 4.78 is 5.52. The van der Waals surface area contributed by atoms with Gasteiger partial charge in [0.05, 0.1) is 24.2 Å². The fourth-order valence-corrected chi connectivity index (χ4v) is 5.81. The monoisotopic (exact) mass is 601 g/mol. The van der Waals surface area contributed by atoms with Crippen LogP contribution in [-0.2, 0) is 5.41 Å². The standard InChI is InChI=1S/C36H39N7O2/c1-36(2,3)25-11-15-32(45-4)31(22-25)42-35(44)41-29-14-12-26(27-8-5-6-9-28(27)29)24-10-13-30(40-23-24)33(34-38-16-7-17-39-34)43-20-18-37-19-21-43/h5-17,22-23,33,37H,18-21H2,1-4H3,(H2,41,42,44). The maximum absolute atomic E-state index is 13.3. The van der Waals surface area contributed by atoms with E-state index in [9.17, 15) is 4.79 Å². The molecule has 230 valence electrons. The van der Waals surface area contributed by atoms with Crippen molar-refractivity contribution in [2.45, 2.75) is 32.2 Å². The van der Waals surface area contributed by atoms with E-state index in [0.717, 1.165) is 65.2 Å². The lowest BCUT2D eigenvalue weighted by Crippen LogP contribution is -2.46. The fraction of sp³-hybridized carbons (Fsp3) is 0.278. The topological polar surface area (TPSA) is 104 Å². The smallest absolute Gasteiger partial charge is 0.323 e. The van der Waals surface area contributed by atoms with Crippen molar-refractivity contribution in [1.82, 2.24) is 25.2 Å². The fourth-order valence-electron chi connectivity index (χ4n) is 5.81. The zero-order valence-corrected chi connectivity index (χ0v) is 26.2. The number of rotatable bonds is 7. The average Bonchev–Trinajstić information content (AvgIpc) is 3.06. The van der Waals surface area contributed by atoms with Gasteiger partial charge >= 0.3 is 6.03 Å². The summed E-state index contributed by atoms with van der Waals surface area (Å²) >= 11 is 0. The Morgan fingerprint density at radius 3 is 2.29 bits per heavy atom. The van der Waals surface area contributed by atoms with E-state index in [2.05, 4.69) is 69.8 Å². The normalized spacial score (nSPS) is 14.6. The summed E-state index contributed by atoms with van der Waals surface area (Å²) in [6, 6.07) is 23.5. The number of aromatic nitrogens is 3. The number of hydrogen-bond donors (Lipinski definition) is 3. The molecule has 5 aromatic rings. The number of fused-ring (bicyclic) bond motifs is 1. The molecule has 6 rings (SSSR count). The predicted molar refractivity (Wildman–Crippen MR) is 180 cm³/mol. The van der Waals surface area contributed by atoms with Gasteiger partial charge in [0.25, 0.3) is 0 Å². The van der Waals surface area contributed by atoms with Crippen LogP contribution in [-0.4, -0.2) is 59.2 Å². The number of benzene rings is 3. The molecule has 9 heteroatoms. The predicted octanol–water partition coefficient (Wildman–Crippen LogP) is 6.64. The van der Waals surface area contributed by atoms with Crippen LogP contribution in [0.15, 0.2) is 91.4 Å². The molecule has 3 heterocycles. The number of urea groups is 1. The van der Waals surface area contributed by atoms with E-state index in [1.165, 1.54) is 0 Å². The molecule has 1 aliphatic rings. The molecule has 1 unspecified atom stereocenters. The van der Waals surface area contributed by atoms with Crippen LogP contribution < -0.4 is 20.7 Å². The van der Waals surface area contributed by atoms with Gasteiger partial charge in [0.15, 0.2) is 5.82 Å². The molecule has 2 aromatic heterocycles. The maximum atomic E-state index is 13.3. The van der Waals surface area contributed by atoms with Gasteiger partial charge in [-0.05, 0) is 52.3 Å². The third-order valence-electron chi connectivity index (χ3n) is 8.21. The van der Waals surface area contributed by atoms with Crippen LogP contribution in [0, 0.1) is 0 Å². The van der Waals surface area contributed by atoms with Crippen molar-refractivity contribution in [2.24, 2.45) is 0 Å². The Morgan fingerprint density at radius 1 is 0.867 bits per heavy atom. The lowest BCUT2D eigenvalue weighted by atomic mass is 9.87. The van der Waals surface area contributed by atoms with E-state index in [1.54, 1.807) is 19.5 Å². The van der Waals surface area contributed by atoms with E-state index < -0.39 is 0 Å². The summed E-state index contributed by atoms with van der Waals surface area (Å²) in [5.74, 6) is 1.36. The molecule has 1 atom stereocenters. The number of anilines is 2. The van der Waals surface area contributed by atoms with E-state index in [0.29, 0.717) is 17.1 Å². The first-order chi connectivity index (χ1) is 21.8. The third-order valence-corrected chi connectivity index (χ3v) is 8.21. The molecule has 0 spiro atoms. The molecule has 9 nitrogen and oxygen atoms in total. The number of methoxy groups -OCH3 is 1. The second kappa shape index (κ2) is 13.0. The number of piperazine rings is 1. The molecule has 0 bridgehead atoms. The van der Waals surface area contributed by atoms with Crippen LogP contribution in [0.5, 0.6) is 5.75 Å². The van der Waals surface area contributed by atoms with Gasteiger partial charge in [0, 0.05) is 55.7 Å². The Morgan fingerprint density at radius 2 is 1.60 bits per heavy atom. The minimum Gasteiger partial charge on any atom is -0.495 e. The molecule has 3 N–H and O–H groups in total. The lowest BCUT2D eigenvalue weighted by Gasteiger charge is -2.33. The summed E-state index contributed by atoms with van der Waals surface area (Å²) in [6.45, 7) is 10.0. The van der Waals surface area contributed by atoms with Crippen molar-refractivity contribution in [3.05, 3.63) is 108 Å². The lowest BCUT2D eigenvalue weighted by molar-refractivity contribution is 0.189. The van der Waals surface area contributed by atoms with Crippen LogP contribution >= 0.6 is 0 Å². The van der Waals surface area contributed by atoms with Crippen LogP contribution in [0.4, 0.5) is 16.2 Å². The number of nitrogens with one attached hydrogen (secondary N) is 3. The molecule has 3 aromatic carbocycles. The second-order valence-electron chi connectivity index (χ2n) is 12.2. The average molecular weight is 602 g/mol. The Kier molecular flexibility index (Phi) is 8.73. The van der Waals surface area contributed by atoms with Gasteiger partial charge in [-0.15, -0.1) is 0 Å². The molecule has 2 amide bonds. The molecule has 1 saturated heterocycles. The Hall–Kier alpha value is -4.86. The van der Waals surface area contributed by atoms with E-state index in [4.69, 9.17) is 9.72 Å². The van der Waals surface area contributed by atoms with Gasteiger partial charge in [-0.3, -0.25) is 9.88 Å². The van der Waals surface area contributed by atoms with Crippen molar-refractivity contribution >= 4 is 28.2 Å². The van der Waals surface area contributed by atoms with Crippen LogP contribution in [0.2, 0.25) is 0 Å². The quantitative estimate of drug-likeness (QED) is 0.192. The van der Waals surface area contributed by atoms with Crippen molar-refractivity contribution in [1.29, 1.82) is 0 Å².